The molecule has 0 bridgehead atoms. The van der Waals surface area contributed by atoms with Crippen molar-refractivity contribution in [1.29, 1.82) is 0 Å². The normalized spacial score (nSPS) is 10.5. The summed E-state index contributed by atoms with van der Waals surface area (Å²) in [5.41, 5.74) is 1.46. The second-order valence-electron chi connectivity index (χ2n) is 5.63. The zero-order chi connectivity index (χ0) is 18.7. The third kappa shape index (κ3) is 3.75. The number of benzene rings is 2. The Hall–Kier alpha value is -3.12. The van der Waals surface area contributed by atoms with Crippen molar-refractivity contribution in [3.63, 3.8) is 0 Å². The first kappa shape index (κ1) is 17.7. The quantitative estimate of drug-likeness (QED) is 0.690. The van der Waals surface area contributed by atoms with Crippen LogP contribution in [0, 0.1) is 6.92 Å². The predicted molar refractivity (Wildman–Crippen MR) is 99.7 cm³/mol. The molecule has 6 nitrogen and oxygen atoms in total. The second-order valence-corrected chi connectivity index (χ2v) is 6.04. The van der Waals surface area contributed by atoms with Crippen molar-refractivity contribution in [3.05, 3.63) is 75.0 Å². The van der Waals surface area contributed by atoms with Crippen LogP contribution in [0.3, 0.4) is 0 Å². The summed E-state index contributed by atoms with van der Waals surface area (Å²) in [5.74, 6) is -1.25. The maximum atomic E-state index is 12.3. The number of hydrogen-bond acceptors (Lipinski definition) is 4. The number of para-hydroxylation sites is 1. The van der Waals surface area contributed by atoms with Gasteiger partial charge in [-0.1, -0.05) is 35.9 Å². The largest absolute Gasteiger partial charge is 0.452 e. The van der Waals surface area contributed by atoms with Crippen LogP contribution in [0.25, 0.3) is 10.9 Å². The SMILES string of the molecule is Cc1c(Cl)cccc1NC(=O)COC(=O)c1cc(=O)[nH]c2ccccc12. The summed E-state index contributed by atoms with van der Waals surface area (Å²) < 4.78 is 5.06. The number of carbonyl (C=O) groups excluding carboxylic acids is 2. The van der Waals surface area contributed by atoms with Gasteiger partial charge in [-0.15, -0.1) is 0 Å². The molecular weight excluding hydrogens is 356 g/mol. The molecule has 1 heterocycles. The van der Waals surface area contributed by atoms with Crippen molar-refractivity contribution in [2.75, 3.05) is 11.9 Å². The number of rotatable bonds is 4. The van der Waals surface area contributed by atoms with Crippen LogP contribution in [0.5, 0.6) is 0 Å². The number of carbonyl (C=O) groups is 2. The Morgan fingerprint density at radius 3 is 2.73 bits per heavy atom. The van der Waals surface area contributed by atoms with E-state index in [2.05, 4.69) is 10.3 Å². The van der Waals surface area contributed by atoms with Crippen molar-refractivity contribution in [3.8, 4) is 0 Å². The molecular formula is C19H15ClN2O4. The van der Waals surface area contributed by atoms with Gasteiger partial charge in [-0.3, -0.25) is 9.59 Å². The van der Waals surface area contributed by atoms with Gasteiger partial charge in [-0.05, 0) is 30.7 Å². The van der Waals surface area contributed by atoms with E-state index in [0.29, 0.717) is 21.6 Å². The number of pyridine rings is 1. The molecule has 0 saturated carbocycles. The molecule has 0 spiro atoms. The monoisotopic (exact) mass is 370 g/mol. The Labute approximate surface area is 153 Å². The number of amides is 1. The van der Waals surface area contributed by atoms with Crippen molar-refractivity contribution >= 4 is 40.1 Å². The molecule has 0 aliphatic carbocycles. The van der Waals surface area contributed by atoms with E-state index < -0.39 is 24.0 Å². The number of aromatic nitrogens is 1. The number of ether oxygens (including phenoxy) is 1. The Morgan fingerprint density at radius 2 is 1.92 bits per heavy atom. The molecule has 2 aromatic carbocycles. The molecule has 0 aliphatic heterocycles. The van der Waals surface area contributed by atoms with Crippen LogP contribution in [0.2, 0.25) is 5.02 Å². The van der Waals surface area contributed by atoms with Gasteiger partial charge in [0.25, 0.3) is 5.91 Å². The molecule has 132 valence electrons. The minimum Gasteiger partial charge on any atom is -0.452 e. The fraction of sp³-hybridized carbons (Fsp3) is 0.105. The van der Waals surface area contributed by atoms with Crippen LogP contribution in [0.15, 0.2) is 53.3 Å². The molecule has 1 aromatic heterocycles. The lowest BCUT2D eigenvalue weighted by Crippen LogP contribution is -2.22. The molecule has 26 heavy (non-hydrogen) atoms. The topological polar surface area (TPSA) is 88.3 Å². The summed E-state index contributed by atoms with van der Waals surface area (Å²) in [7, 11) is 0. The van der Waals surface area contributed by atoms with E-state index in [0.717, 1.165) is 11.6 Å². The summed E-state index contributed by atoms with van der Waals surface area (Å²) in [5, 5.41) is 3.71. The molecule has 0 fully saturated rings. The number of esters is 1. The van der Waals surface area contributed by atoms with Gasteiger partial charge in [0.15, 0.2) is 6.61 Å². The number of H-pyrrole nitrogens is 1. The zero-order valence-corrected chi connectivity index (χ0v) is 14.6. The van der Waals surface area contributed by atoms with Crippen molar-refractivity contribution in [1.82, 2.24) is 4.98 Å². The Kier molecular flexibility index (Phi) is 5.04. The average molecular weight is 371 g/mol. The smallest absolute Gasteiger partial charge is 0.339 e. The van der Waals surface area contributed by atoms with E-state index >= 15 is 0 Å². The van der Waals surface area contributed by atoms with E-state index in [1.807, 2.05) is 0 Å². The highest BCUT2D eigenvalue weighted by Gasteiger charge is 2.15. The van der Waals surface area contributed by atoms with Crippen LogP contribution in [0.4, 0.5) is 5.69 Å². The Morgan fingerprint density at radius 1 is 1.15 bits per heavy atom. The fourth-order valence-electron chi connectivity index (χ4n) is 2.51. The van der Waals surface area contributed by atoms with Crippen LogP contribution in [-0.4, -0.2) is 23.5 Å². The summed E-state index contributed by atoms with van der Waals surface area (Å²) >= 11 is 6.01. The van der Waals surface area contributed by atoms with Gasteiger partial charge in [0.2, 0.25) is 5.56 Å². The first-order valence-electron chi connectivity index (χ1n) is 7.80. The molecule has 3 aromatic rings. The standard InChI is InChI=1S/C19H15ClN2O4/c1-11-14(20)6-4-8-15(11)21-18(24)10-26-19(25)13-9-17(23)22-16-7-3-2-5-12(13)16/h2-9H,10H2,1H3,(H,21,24)(H,22,23). The number of fused-ring (bicyclic) bond motifs is 1. The van der Waals surface area contributed by atoms with Crippen LogP contribution < -0.4 is 10.9 Å². The third-order valence-corrected chi connectivity index (χ3v) is 4.26. The molecule has 7 heteroatoms. The van der Waals surface area contributed by atoms with E-state index in [4.69, 9.17) is 16.3 Å². The maximum Gasteiger partial charge on any atom is 0.339 e. The molecule has 0 atom stereocenters. The van der Waals surface area contributed by atoms with E-state index in [9.17, 15) is 14.4 Å². The van der Waals surface area contributed by atoms with Gasteiger partial charge >= 0.3 is 5.97 Å². The van der Waals surface area contributed by atoms with Crippen LogP contribution in [-0.2, 0) is 9.53 Å². The van der Waals surface area contributed by atoms with Crippen molar-refractivity contribution in [2.45, 2.75) is 6.92 Å². The number of halogens is 1. The average Bonchev–Trinajstić information content (AvgIpc) is 2.62. The van der Waals surface area contributed by atoms with Gasteiger partial charge in [0.1, 0.15) is 0 Å². The van der Waals surface area contributed by atoms with Gasteiger partial charge in [0, 0.05) is 27.7 Å². The zero-order valence-electron chi connectivity index (χ0n) is 13.8. The van der Waals surface area contributed by atoms with E-state index in [1.54, 1.807) is 49.4 Å². The number of hydrogen-bond donors (Lipinski definition) is 2. The summed E-state index contributed by atoms with van der Waals surface area (Å²) in [6, 6.07) is 13.1. The summed E-state index contributed by atoms with van der Waals surface area (Å²) in [4.78, 5) is 38.7. The minimum atomic E-state index is -0.745. The number of anilines is 1. The minimum absolute atomic E-state index is 0.107. The van der Waals surface area contributed by atoms with E-state index in [-0.39, 0.29) is 5.56 Å². The number of nitrogens with one attached hydrogen (secondary N) is 2. The molecule has 0 saturated heterocycles. The Bertz CT molecular complexity index is 1060. The van der Waals surface area contributed by atoms with Gasteiger partial charge < -0.3 is 15.0 Å². The number of aromatic amines is 1. The highest BCUT2D eigenvalue weighted by Crippen LogP contribution is 2.22. The highest BCUT2D eigenvalue weighted by molar-refractivity contribution is 6.31. The predicted octanol–water partition coefficient (Wildman–Crippen LogP) is 3.29. The maximum absolute atomic E-state index is 12.3. The van der Waals surface area contributed by atoms with Gasteiger partial charge in [0.05, 0.1) is 5.56 Å². The first-order valence-corrected chi connectivity index (χ1v) is 8.17. The first-order chi connectivity index (χ1) is 12.5. The molecule has 0 aliphatic rings. The lowest BCUT2D eigenvalue weighted by atomic mass is 10.1. The molecule has 0 radical (unpaired) electrons. The van der Waals surface area contributed by atoms with Crippen molar-refractivity contribution < 1.29 is 14.3 Å². The third-order valence-electron chi connectivity index (χ3n) is 3.85. The summed E-state index contributed by atoms with van der Waals surface area (Å²) in [6.45, 7) is 1.29. The second kappa shape index (κ2) is 7.41. The fourth-order valence-corrected chi connectivity index (χ4v) is 2.69. The summed E-state index contributed by atoms with van der Waals surface area (Å²) in [6.07, 6.45) is 0. The molecule has 0 unspecified atom stereocenters. The molecule has 3 rings (SSSR count). The van der Waals surface area contributed by atoms with Gasteiger partial charge in [-0.25, -0.2) is 4.79 Å². The molecule has 2 N–H and O–H groups in total. The Balaban J connectivity index is 1.72. The van der Waals surface area contributed by atoms with Crippen molar-refractivity contribution in [2.24, 2.45) is 0 Å². The van der Waals surface area contributed by atoms with E-state index in [1.165, 1.54) is 0 Å². The van der Waals surface area contributed by atoms with Crippen LogP contribution in [0.1, 0.15) is 15.9 Å². The van der Waals surface area contributed by atoms with Crippen LogP contribution >= 0.6 is 11.6 Å². The lowest BCUT2D eigenvalue weighted by Gasteiger charge is -2.10. The molecule has 1 amide bonds. The highest BCUT2D eigenvalue weighted by atomic mass is 35.5. The lowest BCUT2D eigenvalue weighted by molar-refractivity contribution is -0.119. The van der Waals surface area contributed by atoms with Gasteiger partial charge in [-0.2, -0.15) is 0 Å².